The first-order valence-electron chi connectivity index (χ1n) is 6.36. The van der Waals surface area contributed by atoms with Crippen molar-refractivity contribution in [3.8, 4) is 0 Å². The summed E-state index contributed by atoms with van der Waals surface area (Å²) >= 11 is 0. The predicted molar refractivity (Wildman–Crippen MR) is 68.0 cm³/mol. The molecule has 1 heterocycles. The predicted octanol–water partition coefficient (Wildman–Crippen LogP) is -0.118. The summed E-state index contributed by atoms with van der Waals surface area (Å²) in [6.45, 7) is 0. The number of aromatic amines is 1. The lowest BCUT2D eigenvalue weighted by Crippen LogP contribution is -2.40. The van der Waals surface area contributed by atoms with Crippen LogP contribution in [0.2, 0.25) is 0 Å². The number of rotatable bonds is 4. The summed E-state index contributed by atoms with van der Waals surface area (Å²) in [4.78, 5) is 40.0. The second-order valence-corrected chi connectivity index (χ2v) is 4.86. The van der Waals surface area contributed by atoms with Gasteiger partial charge in [-0.2, -0.15) is 0 Å². The highest BCUT2D eigenvalue weighted by Crippen LogP contribution is 2.24. The topological polar surface area (TPSA) is 138 Å². The Balaban J connectivity index is 1.94. The fraction of sp³-hybridized carbons (Fsp3) is 0.500. The molecule has 108 valence electrons. The van der Waals surface area contributed by atoms with Crippen molar-refractivity contribution in [3.63, 3.8) is 0 Å². The number of hydrogen-bond acceptors (Lipinski definition) is 4. The molecule has 2 amide bonds. The second kappa shape index (κ2) is 5.72. The molecule has 1 aromatic rings. The Morgan fingerprint density at radius 2 is 1.95 bits per heavy atom. The summed E-state index contributed by atoms with van der Waals surface area (Å²) in [5.41, 5.74) is 4.88. The summed E-state index contributed by atoms with van der Waals surface area (Å²) in [5.74, 6) is -2.20. The number of carboxylic acids is 1. The van der Waals surface area contributed by atoms with Crippen LogP contribution < -0.4 is 11.1 Å². The van der Waals surface area contributed by atoms with Gasteiger partial charge in [0.1, 0.15) is 0 Å². The van der Waals surface area contributed by atoms with Crippen LogP contribution in [0.4, 0.5) is 0 Å². The Morgan fingerprint density at radius 3 is 2.50 bits per heavy atom. The number of nitrogens with one attached hydrogen (secondary N) is 2. The Labute approximate surface area is 114 Å². The highest BCUT2D eigenvalue weighted by molar-refractivity contribution is 6.02. The Hall–Kier alpha value is -2.38. The van der Waals surface area contributed by atoms with Crippen molar-refractivity contribution in [1.82, 2.24) is 15.3 Å². The van der Waals surface area contributed by atoms with E-state index in [1.54, 1.807) is 0 Å². The molecule has 0 bridgehead atoms. The molecule has 0 spiro atoms. The van der Waals surface area contributed by atoms with Crippen LogP contribution in [0.3, 0.4) is 0 Å². The van der Waals surface area contributed by atoms with Gasteiger partial charge in [0.25, 0.3) is 5.91 Å². The molecule has 5 N–H and O–H groups in total. The average molecular weight is 280 g/mol. The third kappa shape index (κ3) is 2.95. The SMILES string of the molecule is NC(=O)C1CCC(NC(=O)c2nc[nH]c2C(=O)O)CC1. The first kappa shape index (κ1) is 14.0. The maximum Gasteiger partial charge on any atom is 0.354 e. The molecule has 1 aliphatic rings. The smallest absolute Gasteiger partial charge is 0.354 e. The summed E-state index contributed by atoms with van der Waals surface area (Å²) in [6.07, 6.45) is 3.72. The number of aromatic carboxylic acids is 1. The van der Waals surface area contributed by atoms with Crippen LogP contribution in [0.15, 0.2) is 6.33 Å². The van der Waals surface area contributed by atoms with Crippen LogP contribution in [0.1, 0.15) is 46.7 Å². The minimum absolute atomic E-state index is 0.0866. The van der Waals surface area contributed by atoms with Gasteiger partial charge in [0.15, 0.2) is 11.4 Å². The lowest BCUT2D eigenvalue weighted by atomic mass is 9.85. The molecule has 20 heavy (non-hydrogen) atoms. The van der Waals surface area contributed by atoms with E-state index in [4.69, 9.17) is 10.8 Å². The number of hydrogen-bond donors (Lipinski definition) is 4. The molecule has 0 atom stereocenters. The molecule has 8 heteroatoms. The number of carbonyl (C=O) groups excluding carboxylic acids is 2. The molecule has 0 aliphatic heterocycles. The molecule has 0 radical (unpaired) electrons. The maximum atomic E-state index is 12.0. The van der Waals surface area contributed by atoms with Crippen molar-refractivity contribution in [2.75, 3.05) is 0 Å². The number of nitrogens with two attached hydrogens (primary N) is 1. The molecule has 0 aromatic carbocycles. The van der Waals surface area contributed by atoms with Gasteiger partial charge in [-0.3, -0.25) is 9.59 Å². The molecule has 1 aliphatic carbocycles. The molecule has 1 aromatic heterocycles. The van der Waals surface area contributed by atoms with E-state index in [-0.39, 0.29) is 29.3 Å². The zero-order valence-electron chi connectivity index (χ0n) is 10.8. The van der Waals surface area contributed by atoms with E-state index in [0.29, 0.717) is 25.7 Å². The minimum Gasteiger partial charge on any atom is -0.477 e. The zero-order valence-corrected chi connectivity index (χ0v) is 10.8. The van der Waals surface area contributed by atoms with Gasteiger partial charge >= 0.3 is 5.97 Å². The van der Waals surface area contributed by atoms with Crippen molar-refractivity contribution in [2.45, 2.75) is 31.7 Å². The number of nitrogens with zero attached hydrogens (tertiary/aromatic N) is 1. The van der Waals surface area contributed by atoms with E-state index >= 15 is 0 Å². The molecule has 2 rings (SSSR count). The van der Waals surface area contributed by atoms with Gasteiger partial charge in [0.2, 0.25) is 5.91 Å². The fourth-order valence-electron chi connectivity index (χ4n) is 2.41. The standard InChI is InChI=1S/C12H16N4O4/c13-10(17)6-1-3-7(4-2-6)16-11(18)8-9(12(19)20)15-5-14-8/h5-7H,1-4H2,(H2,13,17)(H,14,15)(H,16,18)(H,19,20). The van der Waals surface area contributed by atoms with Crippen molar-refractivity contribution in [3.05, 3.63) is 17.7 Å². The normalized spacial score (nSPS) is 22.2. The van der Waals surface area contributed by atoms with E-state index in [2.05, 4.69) is 15.3 Å². The molecular formula is C12H16N4O4. The van der Waals surface area contributed by atoms with Gasteiger partial charge in [-0.15, -0.1) is 0 Å². The molecular weight excluding hydrogens is 264 g/mol. The van der Waals surface area contributed by atoms with E-state index in [1.165, 1.54) is 6.33 Å². The van der Waals surface area contributed by atoms with Crippen LogP contribution in [0.25, 0.3) is 0 Å². The van der Waals surface area contributed by atoms with Crippen molar-refractivity contribution < 1.29 is 19.5 Å². The summed E-state index contributed by atoms with van der Waals surface area (Å²) in [7, 11) is 0. The van der Waals surface area contributed by atoms with Gasteiger partial charge in [-0.05, 0) is 25.7 Å². The van der Waals surface area contributed by atoms with Crippen LogP contribution >= 0.6 is 0 Å². The third-order valence-corrected chi connectivity index (χ3v) is 3.53. The Kier molecular flexibility index (Phi) is 4.02. The van der Waals surface area contributed by atoms with Crippen molar-refractivity contribution in [1.29, 1.82) is 0 Å². The van der Waals surface area contributed by atoms with Gasteiger partial charge in [0, 0.05) is 12.0 Å². The Morgan fingerprint density at radius 1 is 1.30 bits per heavy atom. The molecule has 8 nitrogen and oxygen atoms in total. The van der Waals surface area contributed by atoms with E-state index < -0.39 is 11.9 Å². The van der Waals surface area contributed by atoms with Crippen LogP contribution in [-0.4, -0.2) is 38.9 Å². The molecule has 0 saturated heterocycles. The summed E-state index contributed by atoms with van der Waals surface area (Å²) in [6, 6.07) is -0.0866. The lowest BCUT2D eigenvalue weighted by Gasteiger charge is -2.27. The quantitative estimate of drug-likeness (QED) is 0.609. The van der Waals surface area contributed by atoms with Crippen LogP contribution in [0, 0.1) is 5.92 Å². The zero-order chi connectivity index (χ0) is 14.7. The van der Waals surface area contributed by atoms with E-state index in [0.717, 1.165) is 0 Å². The van der Waals surface area contributed by atoms with Gasteiger partial charge < -0.3 is 21.1 Å². The highest BCUT2D eigenvalue weighted by atomic mass is 16.4. The van der Waals surface area contributed by atoms with E-state index in [9.17, 15) is 14.4 Å². The molecule has 0 unspecified atom stereocenters. The first-order chi connectivity index (χ1) is 9.49. The van der Waals surface area contributed by atoms with Gasteiger partial charge in [0.05, 0.1) is 6.33 Å². The fourth-order valence-corrected chi connectivity index (χ4v) is 2.41. The molecule has 1 saturated carbocycles. The average Bonchev–Trinajstić information content (AvgIpc) is 2.88. The monoisotopic (exact) mass is 280 g/mol. The van der Waals surface area contributed by atoms with Gasteiger partial charge in [-0.1, -0.05) is 0 Å². The van der Waals surface area contributed by atoms with Crippen LogP contribution in [-0.2, 0) is 4.79 Å². The highest BCUT2D eigenvalue weighted by Gasteiger charge is 2.27. The number of amides is 2. The Bertz CT molecular complexity index is 531. The first-order valence-corrected chi connectivity index (χ1v) is 6.36. The van der Waals surface area contributed by atoms with Crippen molar-refractivity contribution >= 4 is 17.8 Å². The maximum absolute atomic E-state index is 12.0. The number of primary amides is 1. The van der Waals surface area contributed by atoms with Gasteiger partial charge in [-0.25, -0.2) is 9.78 Å². The summed E-state index contributed by atoms with van der Waals surface area (Å²) < 4.78 is 0. The minimum atomic E-state index is -1.23. The second-order valence-electron chi connectivity index (χ2n) is 4.86. The van der Waals surface area contributed by atoms with Crippen LogP contribution in [0.5, 0.6) is 0 Å². The summed E-state index contributed by atoms with van der Waals surface area (Å²) in [5, 5.41) is 11.6. The van der Waals surface area contributed by atoms with Crippen molar-refractivity contribution in [2.24, 2.45) is 11.7 Å². The number of carboxylic acid groups (broad SMARTS) is 1. The number of H-pyrrole nitrogens is 1. The number of aromatic nitrogens is 2. The lowest BCUT2D eigenvalue weighted by molar-refractivity contribution is -0.122. The third-order valence-electron chi connectivity index (χ3n) is 3.53. The number of carbonyl (C=O) groups is 3. The number of imidazole rings is 1. The molecule has 1 fully saturated rings. The van der Waals surface area contributed by atoms with E-state index in [1.807, 2.05) is 0 Å². The largest absolute Gasteiger partial charge is 0.477 e.